The highest BCUT2D eigenvalue weighted by molar-refractivity contribution is 9.10. The Kier molecular flexibility index (Phi) is 2.98. The van der Waals surface area contributed by atoms with Crippen molar-refractivity contribution in [1.29, 1.82) is 0 Å². The summed E-state index contributed by atoms with van der Waals surface area (Å²) in [6, 6.07) is 0. The second-order valence-electron chi connectivity index (χ2n) is 1.73. The second kappa shape index (κ2) is 3.80. The van der Waals surface area contributed by atoms with E-state index >= 15 is 0 Å². The molecule has 1 rings (SSSR count). The summed E-state index contributed by atoms with van der Waals surface area (Å²) in [5, 5.41) is 4.87. The van der Waals surface area contributed by atoms with Crippen LogP contribution in [0, 0.1) is 0 Å². The van der Waals surface area contributed by atoms with Crippen molar-refractivity contribution in [2.75, 3.05) is 11.9 Å². The van der Waals surface area contributed by atoms with E-state index < -0.39 is 0 Å². The molecule has 1 amide bonds. The molecule has 0 saturated carbocycles. The van der Waals surface area contributed by atoms with Gasteiger partial charge in [-0.2, -0.15) is 0 Å². The maximum absolute atomic E-state index is 10.7. The van der Waals surface area contributed by atoms with Gasteiger partial charge < -0.3 is 11.1 Å². The monoisotopic (exact) mass is 235 g/mol. The Bertz CT molecular complexity index is 262. The molecule has 0 spiro atoms. The van der Waals surface area contributed by atoms with Crippen LogP contribution in [-0.4, -0.2) is 17.4 Å². The van der Waals surface area contributed by atoms with Gasteiger partial charge >= 0.3 is 0 Å². The van der Waals surface area contributed by atoms with Crippen LogP contribution in [-0.2, 0) is 4.79 Å². The summed E-state index contributed by atoms with van der Waals surface area (Å²) in [5.41, 5.74) is 5.08. The molecule has 1 aromatic rings. The number of hydrogen-bond donors (Lipinski definition) is 2. The van der Waals surface area contributed by atoms with Gasteiger partial charge in [0.1, 0.15) is 4.60 Å². The van der Waals surface area contributed by atoms with E-state index in [0.717, 1.165) is 4.60 Å². The molecule has 6 heteroatoms. The van der Waals surface area contributed by atoms with Gasteiger partial charge in [0.25, 0.3) is 0 Å². The normalized spacial score (nSPS) is 9.64. The van der Waals surface area contributed by atoms with E-state index in [1.54, 1.807) is 5.38 Å². The number of aromatic nitrogens is 1. The molecule has 1 aromatic heterocycles. The van der Waals surface area contributed by atoms with E-state index in [0.29, 0.717) is 5.13 Å². The molecule has 60 valence electrons. The van der Waals surface area contributed by atoms with Gasteiger partial charge in [-0.1, -0.05) is 0 Å². The van der Waals surface area contributed by atoms with Gasteiger partial charge in [-0.15, -0.1) is 11.3 Å². The van der Waals surface area contributed by atoms with Crippen LogP contribution in [0.15, 0.2) is 9.98 Å². The Balaban J connectivity index is 2.57. The molecule has 4 nitrogen and oxygen atoms in total. The molecule has 0 aliphatic carbocycles. The van der Waals surface area contributed by atoms with E-state index in [9.17, 15) is 4.79 Å². The van der Waals surface area contributed by atoms with Crippen molar-refractivity contribution in [2.45, 2.75) is 0 Å². The van der Waals surface area contributed by atoms with E-state index in [1.165, 1.54) is 11.3 Å². The SMILES string of the molecule is NCC(=O)Nc1nc(Br)cs1. The third-order valence-electron chi connectivity index (χ3n) is 0.908. The average Bonchev–Trinajstić information content (AvgIpc) is 2.35. The molecule has 0 radical (unpaired) electrons. The Labute approximate surface area is 75.9 Å². The molecule has 0 saturated heterocycles. The van der Waals surface area contributed by atoms with Crippen molar-refractivity contribution < 1.29 is 4.79 Å². The first kappa shape index (κ1) is 8.63. The van der Waals surface area contributed by atoms with Crippen LogP contribution < -0.4 is 11.1 Å². The zero-order chi connectivity index (χ0) is 8.27. The number of anilines is 1. The van der Waals surface area contributed by atoms with Gasteiger partial charge in [0, 0.05) is 5.38 Å². The predicted molar refractivity (Wildman–Crippen MR) is 47.5 cm³/mol. The number of carbonyl (C=O) groups is 1. The first-order chi connectivity index (χ1) is 5.22. The maximum atomic E-state index is 10.7. The molecule has 11 heavy (non-hydrogen) atoms. The molecule has 0 unspecified atom stereocenters. The quantitative estimate of drug-likeness (QED) is 0.798. The number of halogens is 1. The van der Waals surface area contributed by atoms with Crippen LogP contribution in [0.2, 0.25) is 0 Å². The zero-order valence-corrected chi connectivity index (χ0v) is 7.91. The molecule has 0 aromatic carbocycles. The molecule has 1 heterocycles. The molecule has 3 N–H and O–H groups in total. The third-order valence-corrected chi connectivity index (χ3v) is 2.37. The number of nitrogens with one attached hydrogen (secondary N) is 1. The Hall–Kier alpha value is -0.460. The van der Waals surface area contributed by atoms with Crippen LogP contribution in [0.5, 0.6) is 0 Å². The summed E-state index contributed by atoms with van der Waals surface area (Å²) >= 11 is 4.51. The predicted octanol–water partition coefficient (Wildman–Crippen LogP) is 0.803. The number of carbonyl (C=O) groups excluding carboxylic acids is 1. The lowest BCUT2D eigenvalue weighted by Gasteiger charge is -1.95. The molecule has 0 atom stereocenters. The summed E-state index contributed by atoms with van der Waals surface area (Å²) in [7, 11) is 0. The summed E-state index contributed by atoms with van der Waals surface area (Å²) < 4.78 is 0.717. The van der Waals surface area contributed by atoms with E-state index in [2.05, 4.69) is 26.2 Å². The first-order valence-electron chi connectivity index (χ1n) is 2.83. The minimum absolute atomic E-state index is 0.0167. The van der Waals surface area contributed by atoms with Crippen LogP contribution in [0.25, 0.3) is 0 Å². The van der Waals surface area contributed by atoms with Crippen LogP contribution in [0.3, 0.4) is 0 Å². The van der Waals surface area contributed by atoms with Gasteiger partial charge in [-0.05, 0) is 15.9 Å². The topological polar surface area (TPSA) is 68.0 Å². The highest BCUT2D eigenvalue weighted by atomic mass is 79.9. The van der Waals surface area contributed by atoms with Gasteiger partial charge in [-0.3, -0.25) is 4.79 Å². The molecule has 0 aliphatic heterocycles. The van der Waals surface area contributed by atoms with Crippen molar-refractivity contribution in [3.8, 4) is 0 Å². The highest BCUT2D eigenvalue weighted by Gasteiger charge is 2.01. The number of amides is 1. The Morgan fingerprint density at radius 1 is 1.91 bits per heavy atom. The minimum Gasteiger partial charge on any atom is -0.322 e. The molecular weight excluding hydrogens is 230 g/mol. The number of hydrogen-bond acceptors (Lipinski definition) is 4. The second-order valence-corrected chi connectivity index (χ2v) is 3.40. The molecule has 0 bridgehead atoms. The van der Waals surface area contributed by atoms with Gasteiger partial charge in [0.2, 0.25) is 5.91 Å². The summed E-state index contributed by atoms with van der Waals surface area (Å²) in [6.45, 7) is -0.0167. The summed E-state index contributed by atoms with van der Waals surface area (Å²) in [6.07, 6.45) is 0. The van der Waals surface area contributed by atoms with Crippen molar-refractivity contribution in [1.82, 2.24) is 4.98 Å². The van der Waals surface area contributed by atoms with E-state index in [4.69, 9.17) is 5.73 Å². The van der Waals surface area contributed by atoms with Crippen LogP contribution in [0.4, 0.5) is 5.13 Å². The van der Waals surface area contributed by atoms with Gasteiger partial charge in [0.15, 0.2) is 5.13 Å². The number of nitrogens with zero attached hydrogens (tertiary/aromatic N) is 1. The van der Waals surface area contributed by atoms with Crippen molar-refractivity contribution >= 4 is 38.3 Å². The van der Waals surface area contributed by atoms with E-state index in [-0.39, 0.29) is 12.5 Å². The third kappa shape index (κ3) is 2.57. The number of nitrogens with two attached hydrogens (primary N) is 1. The highest BCUT2D eigenvalue weighted by Crippen LogP contribution is 2.18. The summed E-state index contributed by atoms with van der Waals surface area (Å²) in [5.74, 6) is -0.230. The average molecular weight is 236 g/mol. The number of thiazole rings is 1. The van der Waals surface area contributed by atoms with Crippen molar-refractivity contribution in [3.63, 3.8) is 0 Å². The lowest BCUT2D eigenvalue weighted by molar-refractivity contribution is -0.114. The lowest BCUT2D eigenvalue weighted by atomic mass is 10.6. The maximum Gasteiger partial charge on any atom is 0.239 e. The fourth-order valence-electron chi connectivity index (χ4n) is 0.482. The Morgan fingerprint density at radius 2 is 2.64 bits per heavy atom. The largest absolute Gasteiger partial charge is 0.322 e. The fraction of sp³-hybridized carbons (Fsp3) is 0.200. The fourth-order valence-corrected chi connectivity index (χ4v) is 1.64. The van der Waals surface area contributed by atoms with Crippen molar-refractivity contribution in [2.24, 2.45) is 5.73 Å². The van der Waals surface area contributed by atoms with Gasteiger partial charge in [0.05, 0.1) is 6.54 Å². The first-order valence-corrected chi connectivity index (χ1v) is 4.50. The molecule has 0 aliphatic rings. The molecule has 0 fully saturated rings. The standard InChI is InChI=1S/C5H6BrN3OS/c6-3-2-11-5(8-3)9-4(10)1-7/h2H,1,7H2,(H,8,9,10). The van der Waals surface area contributed by atoms with Gasteiger partial charge in [-0.25, -0.2) is 4.98 Å². The Morgan fingerprint density at radius 3 is 3.09 bits per heavy atom. The summed E-state index contributed by atoms with van der Waals surface area (Å²) in [4.78, 5) is 14.7. The smallest absolute Gasteiger partial charge is 0.239 e. The minimum atomic E-state index is -0.230. The lowest BCUT2D eigenvalue weighted by Crippen LogP contribution is -2.21. The van der Waals surface area contributed by atoms with Crippen LogP contribution >= 0.6 is 27.3 Å². The van der Waals surface area contributed by atoms with E-state index in [1.807, 2.05) is 0 Å². The van der Waals surface area contributed by atoms with Crippen LogP contribution in [0.1, 0.15) is 0 Å². The zero-order valence-electron chi connectivity index (χ0n) is 5.50. The molecular formula is C5H6BrN3OS. The number of rotatable bonds is 2. The van der Waals surface area contributed by atoms with Crippen molar-refractivity contribution in [3.05, 3.63) is 9.98 Å².